The number of aromatic hydroxyl groups is 1. The summed E-state index contributed by atoms with van der Waals surface area (Å²) < 4.78 is 40.6. The average Bonchev–Trinajstić information content (AvgIpc) is 2.80. The molecule has 4 nitrogen and oxygen atoms in total. The van der Waals surface area contributed by atoms with Gasteiger partial charge in [0, 0.05) is 0 Å². The standard InChI is InChI=1S/C28H44F3NO3/c1-2-3-4-5-6-7-8-9-10-11-12-13-14-15-16-17-26(28(29,30)31)32-25(27(34)35)22-23-18-20-24(33)21-19-23/h7-8,18-21,25-26,32-33H,2-6,9-17,22H2,1H3,(H,34,35)/b8-7+. The molecule has 0 bridgehead atoms. The number of nitrogens with one attached hydrogen (secondary N) is 1. The highest BCUT2D eigenvalue weighted by atomic mass is 19.4. The van der Waals surface area contributed by atoms with Crippen LogP contribution in [-0.4, -0.2) is 34.4 Å². The van der Waals surface area contributed by atoms with Crippen molar-refractivity contribution >= 4 is 5.97 Å². The van der Waals surface area contributed by atoms with E-state index in [4.69, 9.17) is 0 Å². The molecule has 0 radical (unpaired) electrons. The van der Waals surface area contributed by atoms with Crippen LogP contribution in [0.25, 0.3) is 0 Å². The van der Waals surface area contributed by atoms with E-state index in [1.807, 2.05) is 0 Å². The molecule has 1 aromatic carbocycles. The first-order chi connectivity index (χ1) is 16.7. The van der Waals surface area contributed by atoms with Gasteiger partial charge in [0.2, 0.25) is 0 Å². The molecule has 0 saturated heterocycles. The number of phenolic OH excluding ortho intramolecular Hbond substituents is 1. The van der Waals surface area contributed by atoms with E-state index >= 15 is 0 Å². The normalized spacial score (nSPS) is 13.8. The van der Waals surface area contributed by atoms with Crippen LogP contribution < -0.4 is 5.32 Å². The number of hydrogen-bond donors (Lipinski definition) is 3. The predicted octanol–water partition coefficient (Wildman–Crippen LogP) is 7.95. The number of halogens is 3. The summed E-state index contributed by atoms with van der Waals surface area (Å²) in [5, 5.41) is 21.1. The second-order valence-electron chi connectivity index (χ2n) is 9.40. The lowest BCUT2D eigenvalue weighted by Gasteiger charge is -2.25. The van der Waals surface area contributed by atoms with Crippen LogP contribution in [-0.2, 0) is 11.2 Å². The Morgan fingerprint density at radius 1 is 0.886 bits per heavy atom. The summed E-state index contributed by atoms with van der Waals surface area (Å²) in [6.07, 6.45) is 13.7. The van der Waals surface area contributed by atoms with Gasteiger partial charge in [0.25, 0.3) is 0 Å². The molecule has 35 heavy (non-hydrogen) atoms. The highest BCUT2D eigenvalue weighted by Crippen LogP contribution is 2.26. The molecule has 0 aliphatic rings. The fraction of sp³-hybridized carbons (Fsp3) is 0.679. The van der Waals surface area contributed by atoms with Crippen LogP contribution in [0.3, 0.4) is 0 Å². The van der Waals surface area contributed by atoms with E-state index in [2.05, 4.69) is 24.4 Å². The van der Waals surface area contributed by atoms with Crippen molar-refractivity contribution in [1.29, 1.82) is 0 Å². The van der Waals surface area contributed by atoms with Crippen molar-refractivity contribution < 1.29 is 28.2 Å². The summed E-state index contributed by atoms with van der Waals surface area (Å²) in [4.78, 5) is 11.6. The van der Waals surface area contributed by atoms with E-state index in [1.165, 1.54) is 49.9 Å². The fourth-order valence-corrected chi connectivity index (χ4v) is 4.09. The van der Waals surface area contributed by atoms with E-state index in [9.17, 15) is 28.2 Å². The highest BCUT2D eigenvalue weighted by Gasteiger charge is 2.41. The Kier molecular flexibility index (Phi) is 16.2. The molecule has 0 heterocycles. The Hall–Kier alpha value is -2.02. The molecular weight excluding hydrogens is 455 g/mol. The van der Waals surface area contributed by atoms with Gasteiger partial charge in [0.1, 0.15) is 17.8 Å². The number of carboxylic acids is 1. The summed E-state index contributed by atoms with van der Waals surface area (Å²) in [5.41, 5.74) is 0.547. The first-order valence-electron chi connectivity index (χ1n) is 13.2. The lowest BCUT2D eigenvalue weighted by atomic mass is 10.0. The topological polar surface area (TPSA) is 69.6 Å². The smallest absolute Gasteiger partial charge is 0.403 e. The van der Waals surface area contributed by atoms with E-state index < -0.39 is 24.2 Å². The number of benzene rings is 1. The van der Waals surface area contributed by atoms with Crippen LogP contribution in [0.4, 0.5) is 13.2 Å². The maximum absolute atomic E-state index is 13.5. The van der Waals surface area contributed by atoms with Gasteiger partial charge in [-0.15, -0.1) is 0 Å². The first-order valence-corrected chi connectivity index (χ1v) is 13.2. The van der Waals surface area contributed by atoms with Crippen LogP contribution in [0.1, 0.15) is 102 Å². The molecule has 200 valence electrons. The fourth-order valence-electron chi connectivity index (χ4n) is 4.09. The number of alkyl halides is 3. The van der Waals surface area contributed by atoms with Gasteiger partial charge in [-0.2, -0.15) is 13.2 Å². The van der Waals surface area contributed by atoms with Crippen LogP contribution in [0.2, 0.25) is 0 Å². The zero-order valence-electron chi connectivity index (χ0n) is 21.2. The number of carbonyl (C=O) groups is 1. The molecular formula is C28H44F3NO3. The molecule has 0 aromatic heterocycles. The number of rotatable bonds is 20. The molecule has 2 unspecified atom stereocenters. The third-order valence-electron chi connectivity index (χ3n) is 6.23. The Labute approximate surface area is 209 Å². The molecule has 1 aromatic rings. The van der Waals surface area contributed by atoms with Crippen molar-refractivity contribution in [2.75, 3.05) is 0 Å². The number of unbranched alkanes of at least 4 members (excludes halogenated alkanes) is 11. The van der Waals surface area contributed by atoms with E-state index in [-0.39, 0.29) is 18.6 Å². The lowest BCUT2D eigenvalue weighted by molar-refractivity contribution is -0.163. The second-order valence-corrected chi connectivity index (χ2v) is 9.40. The maximum Gasteiger partial charge on any atom is 0.403 e. The summed E-state index contributed by atoms with van der Waals surface area (Å²) in [6, 6.07) is 2.61. The largest absolute Gasteiger partial charge is 0.508 e. The van der Waals surface area contributed by atoms with Crippen molar-refractivity contribution in [2.24, 2.45) is 0 Å². The Balaban J connectivity index is 2.24. The van der Waals surface area contributed by atoms with Gasteiger partial charge in [-0.3, -0.25) is 10.1 Å². The molecule has 0 amide bonds. The van der Waals surface area contributed by atoms with Gasteiger partial charge in [0.05, 0.1) is 0 Å². The Morgan fingerprint density at radius 3 is 1.91 bits per heavy atom. The van der Waals surface area contributed by atoms with Gasteiger partial charge in [-0.25, -0.2) is 0 Å². The molecule has 0 fully saturated rings. The average molecular weight is 500 g/mol. The molecule has 0 aliphatic heterocycles. The predicted molar refractivity (Wildman–Crippen MR) is 136 cm³/mol. The van der Waals surface area contributed by atoms with Gasteiger partial charge in [-0.05, 0) is 56.2 Å². The highest BCUT2D eigenvalue weighted by molar-refractivity contribution is 5.74. The maximum atomic E-state index is 13.5. The number of allylic oxidation sites excluding steroid dienone is 2. The molecule has 0 aliphatic carbocycles. The van der Waals surface area contributed by atoms with Crippen molar-refractivity contribution in [3.8, 4) is 5.75 Å². The summed E-state index contributed by atoms with van der Waals surface area (Å²) in [7, 11) is 0. The van der Waals surface area contributed by atoms with E-state index in [0.29, 0.717) is 18.4 Å². The molecule has 0 saturated carbocycles. The van der Waals surface area contributed by atoms with Crippen molar-refractivity contribution in [2.45, 2.75) is 121 Å². The first kappa shape index (κ1) is 31.0. The SMILES string of the molecule is CCCCCC/C=C/CCCCCCCCCC(NC(Cc1ccc(O)cc1)C(=O)O)C(F)(F)F. The van der Waals surface area contributed by atoms with Gasteiger partial charge in [0.15, 0.2) is 0 Å². The third kappa shape index (κ3) is 15.6. The molecule has 1 rings (SSSR count). The summed E-state index contributed by atoms with van der Waals surface area (Å²) in [5.74, 6) is -1.30. The van der Waals surface area contributed by atoms with Crippen molar-refractivity contribution in [3.63, 3.8) is 0 Å². The van der Waals surface area contributed by atoms with Gasteiger partial charge in [-0.1, -0.05) is 89.0 Å². The minimum atomic E-state index is -4.51. The molecule has 3 N–H and O–H groups in total. The quantitative estimate of drug-likeness (QED) is 0.126. The summed E-state index contributed by atoms with van der Waals surface area (Å²) in [6.45, 7) is 2.21. The van der Waals surface area contributed by atoms with E-state index in [1.54, 1.807) is 0 Å². The minimum Gasteiger partial charge on any atom is -0.508 e. The second kappa shape index (κ2) is 18.3. The van der Waals surface area contributed by atoms with Gasteiger partial charge >= 0.3 is 12.1 Å². The molecule has 7 heteroatoms. The number of aliphatic carboxylic acids is 1. The number of phenols is 1. The Bertz CT molecular complexity index is 704. The van der Waals surface area contributed by atoms with Crippen LogP contribution in [0.15, 0.2) is 36.4 Å². The van der Waals surface area contributed by atoms with Gasteiger partial charge < -0.3 is 10.2 Å². The lowest BCUT2D eigenvalue weighted by Crippen LogP contribution is -2.51. The molecule has 0 spiro atoms. The minimum absolute atomic E-state index is 0.0201. The van der Waals surface area contributed by atoms with Crippen LogP contribution in [0, 0.1) is 0 Å². The number of hydrogen-bond acceptors (Lipinski definition) is 3. The van der Waals surface area contributed by atoms with Crippen molar-refractivity contribution in [3.05, 3.63) is 42.0 Å². The van der Waals surface area contributed by atoms with E-state index in [0.717, 1.165) is 44.9 Å². The third-order valence-corrected chi connectivity index (χ3v) is 6.23. The zero-order valence-corrected chi connectivity index (χ0v) is 21.2. The monoisotopic (exact) mass is 499 g/mol. The summed E-state index contributed by atoms with van der Waals surface area (Å²) >= 11 is 0. The van der Waals surface area contributed by atoms with Crippen molar-refractivity contribution in [1.82, 2.24) is 5.32 Å². The Morgan fingerprint density at radius 2 is 1.40 bits per heavy atom. The molecule has 2 atom stereocenters. The zero-order chi connectivity index (χ0) is 25.9. The number of carboxylic acid groups (broad SMARTS) is 1. The van der Waals surface area contributed by atoms with Crippen LogP contribution >= 0.6 is 0 Å². The van der Waals surface area contributed by atoms with Crippen LogP contribution in [0.5, 0.6) is 5.75 Å².